The first-order valence-electron chi connectivity index (χ1n) is 7.85. The minimum atomic E-state index is -0.319. The third-order valence-corrected chi connectivity index (χ3v) is 5.13. The minimum absolute atomic E-state index is 0.0652. The van der Waals surface area contributed by atoms with Crippen molar-refractivity contribution in [1.82, 2.24) is 20.1 Å². The maximum Gasteiger partial charge on any atom is 0.294 e. The van der Waals surface area contributed by atoms with Gasteiger partial charge in [0.25, 0.3) is 5.56 Å². The van der Waals surface area contributed by atoms with Gasteiger partial charge in [0.15, 0.2) is 5.52 Å². The fraction of sp³-hybridized carbons (Fsp3) is 0.294. The van der Waals surface area contributed by atoms with E-state index >= 15 is 0 Å². The number of nitrogens with zero attached hydrogens (tertiary/aromatic N) is 3. The Hall–Kier alpha value is -2.54. The fourth-order valence-electron chi connectivity index (χ4n) is 2.55. The largest absolute Gasteiger partial charge is 0.352 e. The standard InChI is InChI=1S/C17H16N4O2S/c1-10-15-14(19-16(24-15)11-5-3-2-4-6-11)17(23)21(20-10)9-13(22)18-12-7-8-12/h2-6,12H,7-9H2,1H3,(H,18,22). The van der Waals surface area contributed by atoms with Crippen LogP contribution >= 0.6 is 11.3 Å². The van der Waals surface area contributed by atoms with Gasteiger partial charge in [-0.25, -0.2) is 9.67 Å². The Morgan fingerprint density at radius 1 is 1.33 bits per heavy atom. The Morgan fingerprint density at radius 2 is 2.08 bits per heavy atom. The number of fused-ring (bicyclic) bond motifs is 1. The van der Waals surface area contributed by atoms with E-state index in [1.54, 1.807) is 0 Å². The maximum atomic E-state index is 12.6. The number of nitrogens with one attached hydrogen (secondary N) is 1. The molecule has 0 saturated heterocycles. The zero-order valence-corrected chi connectivity index (χ0v) is 14.0. The second-order valence-corrected chi connectivity index (χ2v) is 6.95. The zero-order valence-electron chi connectivity index (χ0n) is 13.2. The Balaban J connectivity index is 1.73. The summed E-state index contributed by atoms with van der Waals surface area (Å²) < 4.78 is 1.99. The molecule has 0 spiro atoms. The van der Waals surface area contributed by atoms with E-state index in [-0.39, 0.29) is 24.1 Å². The Bertz CT molecular complexity index is 973. The quantitative estimate of drug-likeness (QED) is 0.789. The molecule has 7 heteroatoms. The third kappa shape index (κ3) is 2.82. The number of carbonyl (C=O) groups excluding carboxylic acids is 1. The van der Waals surface area contributed by atoms with Crippen molar-refractivity contribution >= 4 is 27.5 Å². The van der Waals surface area contributed by atoms with Crippen LogP contribution in [0.2, 0.25) is 0 Å². The van der Waals surface area contributed by atoms with Crippen molar-refractivity contribution in [1.29, 1.82) is 0 Å². The van der Waals surface area contributed by atoms with Gasteiger partial charge >= 0.3 is 0 Å². The second-order valence-electron chi connectivity index (χ2n) is 5.95. The van der Waals surface area contributed by atoms with E-state index in [1.165, 1.54) is 16.0 Å². The molecule has 6 nitrogen and oxygen atoms in total. The van der Waals surface area contributed by atoms with Crippen LogP contribution in [0.25, 0.3) is 20.8 Å². The highest BCUT2D eigenvalue weighted by Gasteiger charge is 2.24. The summed E-state index contributed by atoms with van der Waals surface area (Å²) in [5.74, 6) is -0.177. The van der Waals surface area contributed by atoms with Crippen molar-refractivity contribution in [3.8, 4) is 10.6 Å². The van der Waals surface area contributed by atoms with Crippen LogP contribution in [-0.2, 0) is 11.3 Å². The van der Waals surface area contributed by atoms with Gasteiger partial charge in [0, 0.05) is 11.6 Å². The minimum Gasteiger partial charge on any atom is -0.352 e. The molecule has 1 aliphatic carbocycles. The molecule has 1 aromatic carbocycles. The van der Waals surface area contributed by atoms with Crippen molar-refractivity contribution in [2.75, 3.05) is 0 Å². The normalized spacial score (nSPS) is 14.0. The lowest BCUT2D eigenvalue weighted by Gasteiger charge is -2.06. The number of aryl methyl sites for hydroxylation is 1. The van der Waals surface area contributed by atoms with Crippen LogP contribution in [0.3, 0.4) is 0 Å². The second kappa shape index (κ2) is 5.83. The molecule has 0 atom stereocenters. The smallest absolute Gasteiger partial charge is 0.294 e. The van der Waals surface area contributed by atoms with Gasteiger partial charge in [-0.05, 0) is 19.8 Å². The number of hydrogen-bond acceptors (Lipinski definition) is 5. The number of rotatable bonds is 4. The lowest BCUT2D eigenvalue weighted by atomic mass is 10.2. The molecule has 1 amide bonds. The van der Waals surface area contributed by atoms with E-state index < -0.39 is 0 Å². The lowest BCUT2D eigenvalue weighted by Crippen LogP contribution is -2.35. The van der Waals surface area contributed by atoms with Gasteiger partial charge in [0.05, 0.1) is 10.4 Å². The summed E-state index contributed by atoms with van der Waals surface area (Å²) in [4.78, 5) is 29.1. The van der Waals surface area contributed by atoms with Crippen molar-refractivity contribution in [3.05, 3.63) is 46.4 Å². The van der Waals surface area contributed by atoms with Gasteiger partial charge in [-0.1, -0.05) is 30.3 Å². The summed E-state index contributed by atoms with van der Waals surface area (Å²) >= 11 is 1.45. The molecule has 0 unspecified atom stereocenters. The Morgan fingerprint density at radius 3 is 2.79 bits per heavy atom. The van der Waals surface area contributed by atoms with E-state index in [4.69, 9.17) is 0 Å². The highest BCUT2D eigenvalue weighted by molar-refractivity contribution is 7.21. The molecular weight excluding hydrogens is 324 g/mol. The molecule has 3 aromatic rings. The third-order valence-electron chi connectivity index (χ3n) is 3.92. The number of thiazole rings is 1. The molecule has 0 radical (unpaired) electrons. The average Bonchev–Trinajstić information content (AvgIpc) is 3.26. The highest BCUT2D eigenvalue weighted by atomic mass is 32.1. The molecule has 0 aliphatic heterocycles. The van der Waals surface area contributed by atoms with Gasteiger partial charge < -0.3 is 5.32 Å². The monoisotopic (exact) mass is 340 g/mol. The van der Waals surface area contributed by atoms with Crippen LogP contribution in [0.15, 0.2) is 35.1 Å². The molecule has 24 heavy (non-hydrogen) atoms. The van der Waals surface area contributed by atoms with Crippen LogP contribution < -0.4 is 10.9 Å². The maximum absolute atomic E-state index is 12.6. The summed E-state index contributed by atoms with van der Waals surface area (Å²) in [6.45, 7) is 1.77. The van der Waals surface area contributed by atoms with Gasteiger partial charge in [0.2, 0.25) is 5.91 Å². The van der Waals surface area contributed by atoms with Crippen molar-refractivity contribution in [2.24, 2.45) is 0 Å². The fourth-order valence-corrected chi connectivity index (χ4v) is 3.56. The Kier molecular flexibility index (Phi) is 3.65. The zero-order chi connectivity index (χ0) is 16.7. The van der Waals surface area contributed by atoms with Crippen molar-refractivity contribution in [3.63, 3.8) is 0 Å². The predicted octanol–water partition coefficient (Wildman–Crippen LogP) is 2.11. The molecule has 1 fully saturated rings. The number of carbonyl (C=O) groups is 1. The van der Waals surface area contributed by atoms with Crippen LogP contribution in [-0.4, -0.2) is 26.7 Å². The molecule has 2 heterocycles. The predicted molar refractivity (Wildman–Crippen MR) is 93.0 cm³/mol. The summed E-state index contributed by atoms with van der Waals surface area (Å²) in [7, 11) is 0. The Labute approximate surface area is 142 Å². The van der Waals surface area contributed by atoms with E-state index in [2.05, 4.69) is 15.4 Å². The molecule has 1 N–H and O–H groups in total. The van der Waals surface area contributed by atoms with E-state index in [0.717, 1.165) is 28.1 Å². The molecule has 122 valence electrons. The van der Waals surface area contributed by atoms with Crippen LogP contribution in [0.5, 0.6) is 0 Å². The molecule has 2 aromatic heterocycles. The van der Waals surface area contributed by atoms with Crippen LogP contribution in [0.4, 0.5) is 0 Å². The number of aromatic nitrogens is 3. The average molecular weight is 340 g/mol. The molecule has 4 rings (SSSR count). The van der Waals surface area contributed by atoms with E-state index in [0.29, 0.717) is 11.2 Å². The molecule has 1 saturated carbocycles. The topological polar surface area (TPSA) is 76.9 Å². The van der Waals surface area contributed by atoms with Crippen molar-refractivity contribution < 1.29 is 4.79 Å². The van der Waals surface area contributed by atoms with E-state index in [1.807, 2.05) is 37.3 Å². The lowest BCUT2D eigenvalue weighted by molar-refractivity contribution is -0.122. The summed E-state index contributed by atoms with van der Waals surface area (Å²) in [6.07, 6.45) is 2.03. The molecule has 1 aliphatic rings. The summed E-state index contributed by atoms with van der Waals surface area (Å²) in [6, 6.07) is 10.0. The van der Waals surface area contributed by atoms with E-state index in [9.17, 15) is 9.59 Å². The van der Waals surface area contributed by atoms with Crippen LogP contribution in [0.1, 0.15) is 18.5 Å². The molecular formula is C17H16N4O2S. The SMILES string of the molecule is Cc1nn(CC(=O)NC2CC2)c(=O)c2nc(-c3ccccc3)sc12. The highest BCUT2D eigenvalue weighted by Crippen LogP contribution is 2.29. The number of benzene rings is 1. The number of amides is 1. The van der Waals surface area contributed by atoms with Gasteiger partial charge in [-0.15, -0.1) is 11.3 Å². The first-order chi connectivity index (χ1) is 11.6. The van der Waals surface area contributed by atoms with Crippen LogP contribution in [0, 0.1) is 6.92 Å². The first kappa shape index (κ1) is 15.0. The summed E-state index contributed by atoms with van der Waals surface area (Å²) in [5, 5.41) is 7.95. The van der Waals surface area contributed by atoms with Gasteiger partial charge in [-0.3, -0.25) is 9.59 Å². The number of hydrogen-bond donors (Lipinski definition) is 1. The first-order valence-corrected chi connectivity index (χ1v) is 8.66. The summed E-state index contributed by atoms with van der Waals surface area (Å²) in [5.41, 5.74) is 1.74. The molecule has 0 bridgehead atoms. The van der Waals surface area contributed by atoms with Gasteiger partial charge in [0.1, 0.15) is 11.6 Å². The van der Waals surface area contributed by atoms with Gasteiger partial charge in [-0.2, -0.15) is 5.10 Å². The van der Waals surface area contributed by atoms with Crippen molar-refractivity contribution in [2.45, 2.75) is 32.4 Å².